The fourth-order valence-corrected chi connectivity index (χ4v) is 4.58. The Labute approximate surface area is 213 Å². The van der Waals surface area contributed by atoms with Crippen molar-refractivity contribution in [1.29, 1.82) is 0 Å². The molecular formula is C25H34ClN3O5S. The molecule has 8 nitrogen and oxygen atoms in total. The molecule has 10 heteroatoms. The highest BCUT2D eigenvalue weighted by atomic mass is 35.5. The third-order valence-corrected chi connectivity index (χ3v) is 6.71. The molecule has 0 fully saturated rings. The average Bonchev–Trinajstić information content (AvgIpc) is 2.80. The Morgan fingerprint density at radius 3 is 2.37 bits per heavy atom. The zero-order valence-electron chi connectivity index (χ0n) is 20.8. The van der Waals surface area contributed by atoms with Gasteiger partial charge in [0.1, 0.15) is 18.3 Å². The van der Waals surface area contributed by atoms with Crippen LogP contribution < -0.4 is 14.4 Å². The average molecular weight is 524 g/mol. The molecule has 0 saturated heterocycles. The van der Waals surface area contributed by atoms with E-state index in [1.165, 1.54) is 11.0 Å². The number of amides is 2. The van der Waals surface area contributed by atoms with Gasteiger partial charge in [-0.2, -0.15) is 0 Å². The molecule has 0 saturated carbocycles. The molecule has 1 atom stereocenters. The fraction of sp³-hybridized carbons (Fsp3) is 0.440. The van der Waals surface area contributed by atoms with Crippen LogP contribution in [0.25, 0.3) is 0 Å². The molecule has 192 valence electrons. The molecule has 0 bridgehead atoms. The van der Waals surface area contributed by atoms with Crippen LogP contribution in [-0.4, -0.2) is 57.6 Å². The highest BCUT2D eigenvalue weighted by Gasteiger charge is 2.31. The van der Waals surface area contributed by atoms with Gasteiger partial charge in [-0.3, -0.25) is 13.9 Å². The van der Waals surface area contributed by atoms with Crippen LogP contribution in [0.15, 0.2) is 48.5 Å². The van der Waals surface area contributed by atoms with Gasteiger partial charge >= 0.3 is 0 Å². The van der Waals surface area contributed by atoms with Crippen LogP contribution in [0.3, 0.4) is 0 Å². The Morgan fingerprint density at radius 1 is 1.11 bits per heavy atom. The second kappa shape index (κ2) is 12.8. The SMILES string of the molecule is CC[C@H](C(=O)NCC(C)C)N(Cc1cccc(OC)c1)C(=O)CN(c1cccc(Cl)c1)S(C)(=O)=O. The van der Waals surface area contributed by atoms with E-state index in [9.17, 15) is 18.0 Å². The van der Waals surface area contributed by atoms with Gasteiger partial charge in [0.15, 0.2) is 0 Å². The summed E-state index contributed by atoms with van der Waals surface area (Å²) in [6.45, 7) is 5.88. The number of hydrogen-bond acceptors (Lipinski definition) is 5. The van der Waals surface area contributed by atoms with Crippen LogP contribution in [0.4, 0.5) is 5.69 Å². The van der Waals surface area contributed by atoms with Gasteiger partial charge in [0, 0.05) is 18.1 Å². The number of nitrogens with zero attached hydrogens (tertiary/aromatic N) is 2. The molecule has 2 aromatic rings. The molecule has 0 spiro atoms. The topological polar surface area (TPSA) is 96.0 Å². The predicted octanol–water partition coefficient (Wildman–Crippen LogP) is 3.69. The van der Waals surface area contributed by atoms with Gasteiger partial charge in [0.25, 0.3) is 0 Å². The van der Waals surface area contributed by atoms with Crippen molar-refractivity contribution in [1.82, 2.24) is 10.2 Å². The largest absolute Gasteiger partial charge is 0.497 e. The standard InChI is InChI=1S/C25H34ClN3O5S/c1-6-23(25(31)27-15-18(2)3)28(16-19-9-7-12-22(13-19)34-4)24(30)17-29(35(5,32)33)21-11-8-10-20(26)14-21/h7-14,18,23H,6,15-17H2,1-5H3,(H,27,31)/t23-/m1/s1. The van der Waals surface area contributed by atoms with Crippen LogP contribution in [-0.2, 0) is 26.2 Å². The number of ether oxygens (including phenoxy) is 1. The molecule has 35 heavy (non-hydrogen) atoms. The number of hydrogen-bond donors (Lipinski definition) is 1. The van der Waals surface area contributed by atoms with Gasteiger partial charge < -0.3 is 15.0 Å². The predicted molar refractivity (Wildman–Crippen MR) is 139 cm³/mol. The van der Waals surface area contributed by atoms with Crippen molar-refractivity contribution in [3.8, 4) is 5.75 Å². The van der Waals surface area contributed by atoms with Crippen LogP contribution in [0.5, 0.6) is 5.75 Å². The monoisotopic (exact) mass is 523 g/mol. The lowest BCUT2D eigenvalue weighted by Crippen LogP contribution is -2.52. The molecule has 2 amide bonds. The number of methoxy groups -OCH3 is 1. The van der Waals surface area contributed by atoms with Crippen LogP contribution in [0, 0.1) is 5.92 Å². The summed E-state index contributed by atoms with van der Waals surface area (Å²) in [4.78, 5) is 28.1. The molecule has 0 aliphatic rings. The van der Waals surface area contributed by atoms with Gasteiger partial charge in [-0.25, -0.2) is 8.42 Å². The summed E-state index contributed by atoms with van der Waals surface area (Å²) in [5.74, 6) is 0.0577. The third kappa shape index (κ3) is 8.43. The first-order chi connectivity index (χ1) is 16.5. The first kappa shape index (κ1) is 28.5. The molecule has 0 aliphatic heterocycles. The van der Waals surface area contributed by atoms with Gasteiger partial charge in [-0.1, -0.05) is 50.6 Å². The van der Waals surface area contributed by atoms with E-state index in [2.05, 4.69) is 5.32 Å². The number of rotatable bonds is 12. The minimum absolute atomic E-state index is 0.108. The van der Waals surface area contributed by atoms with Crippen molar-refractivity contribution in [2.45, 2.75) is 39.8 Å². The number of sulfonamides is 1. The fourth-order valence-electron chi connectivity index (χ4n) is 3.55. The van der Waals surface area contributed by atoms with Crippen molar-refractivity contribution >= 4 is 39.1 Å². The van der Waals surface area contributed by atoms with Crippen molar-refractivity contribution in [2.75, 3.05) is 30.8 Å². The van der Waals surface area contributed by atoms with E-state index in [1.54, 1.807) is 43.5 Å². The summed E-state index contributed by atoms with van der Waals surface area (Å²) in [6.07, 6.45) is 1.38. The summed E-state index contributed by atoms with van der Waals surface area (Å²) in [7, 11) is -2.27. The first-order valence-electron chi connectivity index (χ1n) is 11.4. The molecule has 0 unspecified atom stereocenters. The van der Waals surface area contributed by atoms with Gasteiger partial charge in [0.2, 0.25) is 21.8 Å². The van der Waals surface area contributed by atoms with Gasteiger partial charge in [0.05, 0.1) is 19.1 Å². The molecular weight excluding hydrogens is 490 g/mol. The third-order valence-electron chi connectivity index (χ3n) is 5.33. The van der Waals surface area contributed by atoms with E-state index in [4.69, 9.17) is 16.3 Å². The zero-order chi connectivity index (χ0) is 26.2. The second-order valence-corrected chi connectivity index (χ2v) is 11.0. The maximum absolute atomic E-state index is 13.6. The molecule has 2 rings (SSSR count). The van der Waals surface area contributed by atoms with Crippen molar-refractivity contribution in [3.63, 3.8) is 0 Å². The summed E-state index contributed by atoms with van der Waals surface area (Å²) >= 11 is 6.07. The maximum atomic E-state index is 13.6. The van der Waals surface area contributed by atoms with Crippen LogP contribution in [0.1, 0.15) is 32.8 Å². The Kier molecular flexibility index (Phi) is 10.4. The number of carbonyl (C=O) groups excluding carboxylic acids is 2. The summed E-state index contributed by atoms with van der Waals surface area (Å²) in [5.41, 5.74) is 1.02. The molecule has 0 radical (unpaired) electrons. The van der Waals surface area contributed by atoms with Crippen LogP contribution in [0.2, 0.25) is 5.02 Å². The molecule has 0 heterocycles. The van der Waals surface area contributed by atoms with E-state index in [1.807, 2.05) is 26.8 Å². The Bertz CT molecular complexity index is 1120. The lowest BCUT2D eigenvalue weighted by molar-refractivity contribution is -0.140. The normalized spacial score (nSPS) is 12.2. The zero-order valence-corrected chi connectivity index (χ0v) is 22.4. The maximum Gasteiger partial charge on any atom is 0.244 e. The Morgan fingerprint density at radius 2 is 1.80 bits per heavy atom. The van der Waals surface area contributed by atoms with E-state index in [0.29, 0.717) is 23.7 Å². The Hall–Kier alpha value is -2.78. The summed E-state index contributed by atoms with van der Waals surface area (Å²) in [6, 6.07) is 12.7. The quantitative estimate of drug-likeness (QED) is 0.457. The smallest absolute Gasteiger partial charge is 0.244 e. The number of anilines is 1. The lowest BCUT2D eigenvalue weighted by atomic mass is 10.1. The highest BCUT2D eigenvalue weighted by molar-refractivity contribution is 7.92. The van der Waals surface area contributed by atoms with Crippen molar-refractivity contribution in [2.24, 2.45) is 5.92 Å². The molecule has 0 aromatic heterocycles. The lowest BCUT2D eigenvalue weighted by Gasteiger charge is -2.33. The highest BCUT2D eigenvalue weighted by Crippen LogP contribution is 2.23. The van der Waals surface area contributed by atoms with Gasteiger partial charge in [-0.05, 0) is 48.2 Å². The minimum Gasteiger partial charge on any atom is -0.497 e. The number of benzene rings is 2. The number of halogens is 1. The molecule has 0 aliphatic carbocycles. The van der Waals surface area contributed by atoms with Crippen LogP contribution >= 0.6 is 11.6 Å². The van der Waals surface area contributed by atoms with E-state index in [0.717, 1.165) is 16.1 Å². The summed E-state index contributed by atoms with van der Waals surface area (Å²) < 4.78 is 31.5. The van der Waals surface area contributed by atoms with Gasteiger partial charge in [-0.15, -0.1) is 0 Å². The molecule has 1 N–H and O–H groups in total. The van der Waals surface area contributed by atoms with E-state index in [-0.39, 0.29) is 24.1 Å². The molecule has 2 aromatic carbocycles. The van der Waals surface area contributed by atoms with E-state index >= 15 is 0 Å². The van der Waals surface area contributed by atoms with E-state index < -0.39 is 28.5 Å². The second-order valence-electron chi connectivity index (χ2n) is 8.69. The van der Waals surface area contributed by atoms with Crippen molar-refractivity contribution < 1.29 is 22.7 Å². The summed E-state index contributed by atoms with van der Waals surface area (Å²) in [5, 5.41) is 3.24. The first-order valence-corrected chi connectivity index (χ1v) is 13.6. The number of nitrogens with one attached hydrogen (secondary N) is 1. The van der Waals surface area contributed by atoms with Crippen molar-refractivity contribution in [3.05, 3.63) is 59.1 Å². The minimum atomic E-state index is -3.81. The number of carbonyl (C=O) groups is 2. The Balaban J connectivity index is 2.44.